The molecular formula is C29H37F3O4S2. The molecule has 210 valence electrons. The molecule has 0 fully saturated rings. The van der Waals surface area contributed by atoms with Gasteiger partial charge in [-0.15, -0.1) is 23.1 Å². The number of thiophene rings is 1. The third-order valence-electron chi connectivity index (χ3n) is 5.51. The van der Waals surface area contributed by atoms with Crippen LogP contribution in [0.3, 0.4) is 0 Å². The summed E-state index contributed by atoms with van der Waals surface area (Å²) in [6.45, 7) is 12.8. The van der Waals surface area contributed by atoms with E-state index in [9.17, 15) is 18.0 Å². The van der Waals surface area contributed by atoms with Crippen LogP contribution in [-0.2, 0) is 20.4 Å². The van der Waals surface area contributed by atoms with Crippen molar-refractivity contribution in [2.45, 2.75) is 71.6 Å². The number of hydrogen-bond acceptors (Lipinski definition) is 6. The van der Waals surface area contributed by atoms with Gasteiger partial charge >= 0.3 is 12.1 Å². The van der Waals surface area contributed by atoms with Crippen LogP contribution in [0, 0.1) is 13.8 Å². The van der Waals surface area contributed by atoms with E-state index >= 15 is 0 Å². The number of benzene rings is 2. The summed E-state index contributed by atoms with van der Waals surface area (Å²) in [6.07, 6.45) is -2.30. The van der Waals surface area contributed by atoms with Crippen molar-refractivity contribution in [2.24, 2.45) is 0 Å². The zero-order chi connectivity index (χ0) is 28.3. The van der Waals surface area contributed by atoms with Crippen molar-refractivity contribution in [1.82, 2.24) is 0 Å². The Morgan fingerprint density at radius 3 is 2.39 bits per heavy atom. The molecule has 1 atom stereocenters. The Hall–Kier alpha value is -2.23. The molecule has 38 heavy (non-hydrogen) atoms. The second-order valence-corrected chi connectivity index (χ2v) is 10.9. The van der Waals surface area contributed by atoms with E-state index in [4.69, 9.17) is 14.2 Å². The summed E-state index contributed by atoms with van der Waals surface area (Å²) in [4.78, 5) is 13.4. The number of aryl methyl sites for hydroxylation is 2. The van der Waals surface area contributed by atoms with Gasteiger partial charge < -0.3 is 14.2 Å². The molecule has 0 radical (unpaired) electrons. The normalized spacial score (nSPS) is 12.1. The predicted molar refractivity (Wildman–Crippen MR) is 151 cm³/mol. The van der Waals surface area contributed by atoms with Crippen molar-refractivity contribution in [3.63, 3.8) is 0 Å². The van der Waals surface area contributed by atoms with Crippen molar-refractivity contribution >= 4 is 39.2 Å². The molecule has 4 nitrogen and oxygen atoms in total. The summed E-state index contributed by atoms with van der Waals surface area (Å²) in [7, 11) is 0. The molecule has 0 spiro atoms. The Bertz CT molecular complexity index is 1170. The van der Waals surface area contributed by atoms with Gasteiger partial charge in [0.15, 0.2) is 6.61 Å². The lowest BCUT2D eigenvalue weighted by molar-refractivity contribution is -0.145. The second-order valence-electron chi connectivity index (χ2n) is 8.68. The molecule has 0 aliphatic heterocycles. The molecule has 0 N–H and O–H groups in total. The fraction of sp³-hybridized carbons (Fsp3) is 0.483. The number of fused-ring (bicyclic) bond motifs is 1. The number of halogens is 3. The van der Waals surface area contributed by atoms with Crippen LogP contribution in [0.2, 0.25) is 0 Å². The van der Waals surface area contributed by atoms with E-state index in [1.54, 1.807) is 13.0 Å². The van der Waals surface area contributed by atoms with Crippen LogP contribution < -0.4 is 4.74 Å². The van der Waals surface area contributed by atoms with E-state index in [2.05, 4.69) is 13.0 Å². The summed E-state index contributed by atoms with van der Waals surface area (Å²) in [5, 5.41) is 0.880. The van der Waals surface area contributed by atoms with E-state index in [0.29, 0.717) is 17.9 Å². The maximum atomic E-state index is 12.7. The van der Waals surface area contributed by atoms with Crippen molar-refractivity contribution in [2.75, 3.05) is 25.6 Å². The number of hydrogen-bond donors (Lipinski definition) is 0. The first-order valence-corrected chi connectivity index (χ1v) is 14.6. The van der Waals surface area contributed by atoms with E-state index in [1.807, 2.05) is 51.6 Å². The van der Waals surface area contributed by atoms with Gasteiger partial charge in [-0.25, -0.2) is 4.79 Å². The molecule has 3 aromatic rings. The van der Waals surface area contributed by atoms with Gasteiger partial charge in [-0.1, -0.05) is 19.9 Å². The Morgan fingerprint density at radius 2 is 1.79 bits per heavy atom. The van der Waals surface area contributed by atoms with Crippen molar-refractivity contribution in [1.29, 1.82) is 0 Å². The van der Waals surface area contributed by atoms with Crippen LogP contribution in [-0.4, -0.2) is 31.5 Å². The van der Waals surface area contributed by atoms with Gasteiger partial charge in [0.1, 0.15) is 5.75 Å². The molecule has 2 aromatic carbocycles. The van der Waals surface area contributed by atoms with Crippen LogP contribution in [0.4, 0.5) is 13.2 Å². The van der Waals surface area contributed by atoms with E-state index in [1.165, 1.54) is 22.3 Å². The number of ether oxygens (including phenoxy) is 3. The lowest BCUT2D eigenvalue weighted by Gasteiger charge is -2.11. The standard InChI is InChI=1S/C15H17F3OS.C14H20O3S/c1-4-7-19-10(3)14-9(2)12-6-5-11(15(16,17)18)8-13(12)20-14;1-4-8-18-12-6-7-13(11(3)9-12)17-10-14(15)16-5-2/h5-6,8,10H,4,7H2,1-3H3;6-7,9H,4-5,8,10H2,1-3H3. The van der Waals surface area contributed by atoms with Crippen LogP contribution >= 0.6 is 23.1 Å². The summed E-state index contributed by atoms with van der Waals surface area (Å²) >= 11 is 3.22. The highest BCUT2D eigenvalue weighted by Crippen LogP contribution is 2.39. The molecule has 3 rings (SSSR count). The first-order chi connectivity index (χ1) is 18.0. The third-order valence-corrected chi connectivity index (χ3v) is 8.13. The van der Waals surface area contributed by atoms with E-state index < -0.39 is 11.7 Å². The Labute approximate surface area is 231 Å². The van der Waals surface area contributed by atoms with Gasteiger partial charge in [-0.05, 0) is 93.1 Å². The smallest absolute Gasteiger partial charge is 0.416 e. The van der Waals surface area contributed by atoms with Crippen LogP contribution in [0.15, 0.2) is 41.3 Å². The molecule has 1 heterocycles. The quantitative estimate of drug-likeness (QED) is 0.170. The number of carbonyl (C=O) groups excluding carboxylic acids is 1. The number of carbonyl (C=O) groups is 1. The lowest BCUT2D eigenvalue weighted by atomic mass is 10.1. The molecule has 0 amide bonds. The fourth-order valence-corrected chi connectivity index (χ4v) is 5.73. The van der Waals surface area contributed by atoms with E-state index in [-0.39, 0.29) is 18.7 Å². The highest BCUT2D eigenvalue weighted by Gasteiger charge is 2.31. The fourth-order valence-electron chi connectivity index (χ4n) is 3.61. The third kappa shape index (κ3) is 9.50. The van der Waals surface area contributed by atoms with Gasteiger partial charge in [-0.3, -0.25) is 0 Å². The Kier molecular flexibility index (Phi) is 12.9. The Morgan fingerprint density at radius 1 is 1.05 bits per heavy atom. The number of rotatable bonds is 11. The summed E-state index contributed by atoms with van der Waals surface area (Å²) < 4.78 is 54.8. The highest BCUT2D eigenvalue weighted by atomic mass is 32.2. The first-order valence-electron chi connectivity index (χ1n) is 12.7. The number of alkyl halides is 3. The maximum Gasteiger partial charge on any atom is 0.416 e. The summed E-state index contributed by atoms with van der Waals surface area (Å²) in [5.41, 5.74) is 1.46. The molecule has 0 saturated carbocycles. The Balaban J connectivity index is 0.000000269. The monoisotopic (exact) mass is 570 g/mol. The first kappa shape index (κ1) is 32.0. The van der Waals surface area contributed by atoms with Gasteiger partial charge in [0.05, 0.1) is 18.3 Å². The summed E-state index contributed by atoms with van der Waals surface area (Å²) in [5.74, 6) is 1.52. The van der Waals surface area contributed by atoms with Gasteiger partial charge in [0.25, 0.3) is 0 Å². The molecule has 0 aliphatic carbocycles. The zero-order valence-corrected chi connectivity index (χ0v) is 24.5. The molecular weight excluding hydrogens is 533 g/mol. The molecule has 1 unspecified atom stereocenters. The average molecular weight is 571 g/mol. The maximum absolute atomic E-state index is 12.7. The molecule has 0 bridgehead atoms. The largest absolute Gasteiger partial charge is 0.482 e. The number of thioether (sulfide) groups is 1. The minimum absolute atomic E-state index is 0.0316. The van der Waals surface area contributed by atoms with Crippen molar-refractivity contribution in [3.8, 4) is 5.75 Å². The predicted octanol–water partition coefficient (Wildman–Crippen LogP) is 9.16. The lowest BCUT2D eigenvalue weighted by Crippen LogP contribution is -2.14. The molecule has 0 saturated heterocycles. The van der Waals surface area contributed by atoms with Crippen LogP contribution in [0.1, 0.15) is 68.2 Å². The topological polar surface area (TPSA) is 44.8 Å². The minimum Gasteiger partial charge on any atom is -0.482 e. The highest BCUT2D eigenvalue weighted by molar-refractivity contribution is 7.99. The van der Waals surface area contributed by atoms with Gasteiger partial charge in [0.2, 0.25) is 0 Å². The number of esters is 1. The zero-order valence-electron chi connectivity index (χ0n) is 22.9. The van der Waals surface area contributed by atoms with Gasteiger partial charge in [0, 0.05) is 21.1 Å². The SMILES string of the molecule is CCCOC(C)c1sc2cc(C(F)(F)F)ccc2c1C.CCCSc1ccc(OCC(=O)OCC)c(C)c1. The average Bonchev–Trinajstić information content (AvgIpc) is 3.21. The van der Waals surface area contributed by atoms with Gasteiger partial charge in [-0.2, -0.15) is 13.2 Å². The second kappa shape index (κ2) is 15.4. The van der Waals surface area contributed by atoms with Crippen LogP contribution in [0.5, 0.6) is 5.75 Å². The van der Waals surface area contributed by atoms with Crippen LogP contribution in [0.25, 0.3) is 10.1 Å². The molecule has 0 aliphatic rings. The summed E-state index contributed by atoms with van der Waals surface area (Å²) in [6, 6.07) is 9.94. The molecule has 1 aromatic heterocycles. The van der Waals surface area contributed by atoms with Crippen molar-refractivity contribution < 1.29 is 32.2 Å². The van der Waals surface area contributed by atoms with E-state index in [0.717, 1.165) is 51.8 Å². The minimum atomic E-state index is -4.30. The van der Waals surface area contributed by atoms with Crippen molar-refractivity contribution in [3.05, 3.63) is 58.0 Å². The molecule has 9 heteroatoms.